The van der Waals surface area contributed by atoms with Crippen LogP contribution in [0.15, 0.2) is 54.6 Å². The van der Waals surface area contributed by atoms with Crippen molar-refractivity contribution in [1.29, 1.82) is 0 Å². The number of carbonyl (C=O) groups excluding carboxylic acids is 1. The van der Waals surface area contributed by atoms with E-state index in [4.69, 9.17) is 4.74 Å². The first kappa shape index (κ1) is 16.2. The molecule has 22 heavy (non-hydrogen) atoms. The molecule has 4 heteroatoms. The molecule has 0 aliphatic heterocycles. The molecule has 0 aliphatic rings. The van der Waals surface area contributed by atoms with Gasteiger partial charge in [-0.1, -0.05) is 60.2 Å². The molecule has 0 heterocycles. The number of aliphatic hydroxyl groups is 1. The Bertz CT molecular complexity index is 595. The molecule has 0 saturated heterocycles. The van der Waals surface area contributed by atoms with E-state index in [1.807, 2.05) is 61.5 Å². The van der Waals surface area contributed by atoms with Crippen molar-refractivity contribution >= 4 is 5.91 Å². The molecular weight excluding hydrogens is 278 g/mol. The van der Waals surface area contributed by atoms with Crippen molar-refractivity contribution in [2.75, 3.05) is 13.7 Å². The summed E-state index contributed by atoms with van der Waals surface area (Å²) < 4.78 is 5.26. The van der Waals surface area contributed by atoms with Crippen LogP contribution in [0.2, 0.25) is 0 Å². The molecule has 2 aromatic rings. The van der Waals surface area contributed by atoms with E-state index >= 15 is 0 Å². The number of methoxy groups -OCH3 is 1. The predicted molar refractivity (Wildman–Crippen MR) is 85.3 cm³/mol. The molecule has 0 fully saturated rings. The number of hydrogen-bond acceptors (Lipinski definition) is 3. The Morgan fingerprint density at radius 1 is 1.09 bits per heavy atom. The Kier molecular flexibility index (Phi) is 5.69. The molecule has 1 amide bonds. The van der Waals surface area contributed by atoms with Crippen LogP contribution in [-0.4, -0.2) is 24.7 Å². The third-order valence-electron chi connectivity index (χ3n) is 3.51. The smallest absolute Gasteiger partial charge is 0.253 e. The van der Waals surface area contributed by atoms with Gasteiger partial charge >= 0.3 is 0 Å². The summed E-state index contributed by atoms with van der Waals surface area (Å²) in [6.07, 6.45) is -1.41. The van der Waals surface area contributed by atoms with Crippen LogP contribution in [0.25, 0.3) is 0 Å². The summed E-state index contributed by atoms with van der Waals surface area (Å²) in [7, 11) is 1.49. The number of aryl methyl sites for hydroxylation is 1. The van der Waals surface area contributed by atoms with Gasteiger partial charge in [0, 0.05) is 13.7 Å². The average Bonchev–Trinajstić information content (AvgIpc) is 2.55. The SMILES string of the molecule is COC(C(=O)NCC(O)c1ccc(C)cc1)c1ccccc1. The topological polar surface area (TPSA) is 58.6 Å². The highest BCUT2D eigenvalue weighted by molar-refractivity contribution is 5.82. The molecule has 0 bridgehead atoms. The number of nitrogens with one attached hydrogen (secondary N) is 1. The third-order valence-corrected chi connectivity index (χ3v) is 3.51. The Balaban J connectivity index is 1.95. The second kappa shape index (κ2) is 7.73. The maximum Gasteiger partial charge on any atom is 0.253 e. The summed E-state index contributed by atoms with van der Waals surface area (Å²) in [6, 6.07) is 16.9. The van der Waals surface area contributed by atoms with Crippen LogP contribution < -0.4 is 5.32 Å². The van der Waals surface area contributed by atoms with Gasteiger partial charge in [-0.2, -0.15) is 0 Å². The normalized spacial score (nSPS) is 13.4. The first-order valence-electron chi connectivity index (χ1n) is 7.22. The van der Waals surface area contributed by atoms with Gasteiger partial charge in [0.1, 0.15) is 0 Å². The molecule has 2 rings (SSSR count). The van der Waals surface area contributed by atoms with Crippen molar-refractivity contribution in [3.05, 3.63) is 71.3 Å². The third kappa shape index (κ3) is 4.16. The summed E-state index contributed by atoms with van der Waals surface area (Å²) in [6.45, 7) is 2.13. The lowest BCUT2D eigenvalue weighted by molar-refractivity contribution is -0.131. The van der Waals surface area contributed by atoms with E-state index in [-0.39, 0.29) is 12.5 Å². The molecule has 0 radical (unpaired) electrons. The van der Waals surface area contributed by atoms with Crippen molar-refractivity contribution < 1.29 is 14.6 Å². The zero-order valence-electron chi connectivity index (χ0n) is 12.8. The maximum atomic E-state index is 12.2. The molecule has 0 spiro atoms. The van der Waals surface area contributed by atoms with Gasteiger partial charge in [0.15, 0.2) is 6.10 Å². The summed E-state index contributed by atoms with van der Waals surface area (Å²) in [5.41, 5.74) is 2.69. The number of ether oxygens (including phenoxy) is 1. The van der Waals surface area contributed by atoms with Gasteiger partial charge in [-0.05, 0) is 18.1 Å². The second-order valence-corrected chi connectivity index (χ2v) is 5.20. The second-order valence-electron chi connectivity index (χ2n) is 5.20. The van der Waals surface area contributed by atoms with Crippen LogP contribution in [0.1, 0.15) is 28.9 Å². The number of carbonyl (C=O) groups is 1. The Hall–Kier alpha value is -2.17. The van der Waals surface area contributed by atoms with Gasteiger partial charge in [0.05, 0.1) is 6.10 Å². The fourth-order valence-electron chi connectivity index (χ4n) is 2.22. The van der Waals surface area contributed by atoms with E-state index in [1.54, 1.807) is 0 Å². The molecule has 0 aliphatic carbocycles. The predicted octanol–water partition coefficient (Wildman–Crippen LogP) is 2.53. The fourth-order valence-corrected chi connectivity index (χ4v) is 2.22. The number of rotatable bonds is 6. The molecule has 2 N–H and O–H groups in total. The first-order chi connectivity index (χ1) is 10.6. The maximum absolute atomic E-state index is 12.2. The van der Waals surface area contributed by atoms with Gasteiger partial charge in [0.25, 0.3) is 5.91 Å². The van der Waals surface area contributed by atoms with Crippen LogP contribution in [-0.2, 0) is 9.53 Å². The highest BCUT2D eigenvalue weighted by Gasteiger charge is 2.20. The number of benzene rings is 2. The fraction of sp³-hybridized carbons (Fsp3) is 0.278. The molecule has 116 valence electrons. The molecule has 4 nitrogen and oxygen atoms in total. The average molecular weight is 299 g/mol. The Morgan fingerprint density at radius 2 is 1.73 bits per heavy atom. The van der Waals surface area contributed by atoms with E-state index in [1.165, 1.54) is 7.11 Å². The van der Waals surface area contributed by atoms with E-state index in [9.17, 15) is 9.90 Å². The van der Waals surface area contributed by atoms with Gasteiger partial charge in [-0.25, -0.2) is 0 Å². The van der Waals surface area contributed by atoms with Gasteiger partial charge in [-0.3, -0.25) is 4.79 Å². The van der Waals surface area contributed by atoms with Gasteiger partial charge < -0.3 is 15.2 Å². The van der Waals surface area contributed by atoms with Crippen molar-refractivity contribution in [3.8, 4) is 0 Å². The number of hydrogen-bond donors (Lipinski definition) is 2. The van der Waals surface area contributed by atoms with Crippen molar-refractivity contribution in [2.24, 2.45) is 0 Å². The summed E-state index contributed by atoms with van der Waals surface area (Å²) in [5, 5.41) is 12.9. The summed E-state index contributed by atoms with van der Waals surface area (Å²) in [5.74, 6) is -0.264. The highest BCUT2D eigenvalue weighted by atomic mass is 16.5. The Labute approximate surface area is 130 Å². The van der Waals surface area contributed by atoms with Crippen molar-refractivity contribution in [2.45, 2.75) is 19.1 Å². The summed E-state index contributed by atoms with van der Waals surface area (Å²) >= 11 is 0. The zero-order chi connectivity index (χ0) is 15.9. The molecule has 2 unspecified atom stereocenters. The van der Waals surface area contributed by atoms with Crippen molar-refractivity contribution in [1.82, 2.24) is 5.32 Å². The quantitative estimate of drug-likeness (QED) is 0.862. The van der Waals surface area contributed by atoms with Crippen LogP contribution in [0.3, 0.4) is 0 Å². The monoisotopic (exact) mass is 299 g/mol. The molecule has 0 aromatic heterocycles. The van der Waals surface area contributed by atoms with E-state index in [0.29, 0.717) is 0 Å². The van der Waals surface area contributed by atoms with Crippen molar-refractivity contribution in [3.63, 3.8) is 0 Å². The van der Waals surface area contributed by atoms with Crippen LogP contribution >= 0.6 is 0 Å². The summed E-state index contributed by atoms with van der Waals surface area (Å²) in [4.78, 5) is 12.2. The molecule has 0 saturated carbocycles. The minimum Gasteiger partial charge on any atom is -0.387 e. The lowest BCUT2D eigenvalue weighted by Crippen LogP contribution is -2.33. The standard InChI is InChI=1S/C18H21NO3/c1-13-8-10-14(11-9-13)16(20)12-19-18(21)17(22-2)15-6-4-3-5-7-15/h3-11,16-17,20H,12H2,1-2H3,(H,19,21). The lowest BCUT2D eigenvalue weighted by atomic mass is 10.1. The largest absolute Gasteiger partial charge is 0.387 e. The number of aliphatic hydroxyl groups excluding tert-OH is 1. The molecule has 2 atom stereocenters. The number of amides is 1. The lowest BCUT2D eigenvalue weighted by Gasteiger charge is -2.18. The minimum absolute atomic E-state index is 0.147. The van der Waals surface area contributed by atoms with Crippen LogP contribution in [0.5, 0.6) is 0 Å². The van der Waals surface area contributed by atoms with E-state index in [0.717, 1.165) is 16.7 Å². The molecular formula is C18H21NO3. The highest BCUT2D eigenvalue weighted by Crippen LogP contribution is 2.17. The van der Waals surface area contributed by atoms with E-state index in [2.05, 4.69) is 5.32 Å². The zero-order valence-corrected chi connectivity index (χ0v) is 12.8. The first-order valence-corrected chi connectivity index (χ1v) is 7.22. The van der Waals surface area contributed by atoms with Crippen LogP contribution in [0.4, 0.5) is 0 Å². The van der Waals surface area contributed by atoms with Crippen LogP contribution in [0, 0.1) is 6.92 Å². The minimum atomic E-state index is -0.738. The Morgan fingerprint density at radius 3 is 2.32 bits per heavy atom. The van der Waals surface area contributed by atoms with Gasteiger partial charge in [0.2, 0.25) is 0 Å². The van der Waals surface area contributed by atoms with Gasteiger partial charge in [-0.15, -0.1) is 0 Å². The molecule has 2 aromatic carbocycles. The van der Waals surface area contributed by atoms with E-state index < -0.39 is 12.2 Å².